The van der Waals surface area contributed by atoms with Gasteiger partial charge < -0.3 is 4.84 Å². The molecule has 1 aliphatic rings. The molecule has 0 fully saturated rings. The number of carbonyl (C=O) groups excluding carboxylic acids is 2. The van der Waals surface area contributed by atoms with Gasteiger partial charge in [-0.05, 0) is 55.0 Å². The average Bonchev–Trinajstić information content (AvgIpc) is 2.94. The van der Waals surface area contributed by atoms with Crippen molar-refractivity contribution in [3.8, 4) is 11.1 Å². The molecular formula is C23H25NO3. The molecule has 0 N–H and O–H groups in total. The number of nitrogens with zero attached hydrogens (tertiary/aromatic N) is 1. The van der Waals surface area contributed by atoms with E-state index >= 15 is 0 Å². The molecule has 0 amide bonds. The number of rotatable bonds is 5. The van der Waals surface area contributed by atoms with Gasteiger partial charge in [0.15, 0.2) is 0 Å². The summed E-state index contributed by atoms with van der Waals surface area (Å²) in [4.78, 5) is 28.3. The predicted octanol–water partition coefficient (Wildman–Crippen LogP) is 5.20. The summed E-state index contributed by atoms with van der Waals surface area (Å²) in [7, 11) is 0. The Labute approximate surface area is 160 Å². The highest BCUT2D eigenvalue weighted by Gasteiger charge is 2.40. The first-order valence-electron chi connectivity index (χ1n) is 9.37. The van der Waals surface area contributed by atoms with Crippen LogP contribution in [-0.4, -0.2) is 17.5 Å². The van der Waals surface area contributed by atoms with E-state index < -0.39 is 5.97 Å². The first kappa shape index (κ1) is 19.0. The second kappa shape index (κ2) is 7.10. The minimum atomic E-state index is -0.544. The van der Waals surface area contributed by atoms with Gasteiger partial charge in [0.2, 0.25) is 5.78 Å². The van der Waals surface area contributed by atoms with Crippen molar-refractivity contribution in [1.82, 2.24) is 0 Å². The van der Waals surface area contributed by atoms with Crippen LogP contribution < -0.4 is 0 Å². The molecule has 4 nitrogen and oxygen atoms in total. The molecule has 0 heterocycles. The molecular weight excluding hydrogens is 338 g/mol. The van der Waals surface area contributed by atoms with Crippen LogP contribution >= 0.6 is 0 Å². The maximum atomic E-state index is 12.7. The second-order valence-electron chi connectivity index (χ2n) is 7.19. The highest BCUT2D eigenvalue weighted by Crippen LogP contribution is 2.53. The summed E-state index contributed by atoms with van der Waals surface area (Å²) in [6.45, 7) is 9.33. The quantitative estimate of drug-likeness (QED) is 0.317. The molecule has 0 bridgehead atoms. The highest BCUT2D eigenvalue weighted by molar-refractivity contribution is 6.45. The van der Waals surface area contributed by atoms with E-state index in [0.717, 1.165) is 12.8 Å². The summed E-state index contributed by atoms with van der Waals surface area (Å²) in [6.07, 6.45) is 1.93. The smallest absolute Gasteiger partial charge is 0.318 e. The molecule has 0 saturated heterocycles. The largest absolute Gasteiger partial charge is 0.331 e. The van der Waals surface area contributed by atoms with Gasteiger partial charge >= 0.3 is 5.97 Å². The van der Waals surface area contributed by atoms with Crippen molar-refractivity contribution in [1.29, 1.82) is 0 Å². The molecule has 3 rings (SSSR count). The van der Waals surface area contributed by atoms with Gasteiger partial charge in [-0.2, -0.15) is 0 Å². The fourth-order valence-electron chi connectivity index (χ4n) is 4.15. The summed E-state index contributed by atoms with van der Waals surface area (Å²) in [5.41, 5.74) is 6.87. The number of aryl methyl sites for hydroxylation is 1. The van der Waals surface area contributed by atoms with Gasteiger partial charge in [0.1, 0.15) is 5.71 Å². The summed E-state index contributed by atoms with van der Waals surface area (Å²) >= 11 is 0. The van der Waals surface area contributed by atoms with E-state index in [1.165, 1.54) is 34.7 Å². The molecule has 0 saturated carbocycles. The van der Waals surface area contributed by atoms with Crippen LogP contribution in [0.15, 0.2) is 41.6 Å². The maximum Gasteiger partial charge on any atom is 0.331 e. The number of ketones is 1. The molecule has 0 aliphatic heterocycles. The molecule has 1 aliphatic carbocycles. The molecule has 27 heavy (non-hydrogen) atoms. The zero-order chi connectivity index (χ0) is 19.8. The van der Waals surface area contributed by atoms with Crippen molar-refractivity contribution >= 4 is 17.5 Å². The van der Waals surface area contributed by atoms with Gasteiger partial charge in [-0.15, -0.1) is 0 Å². The van der Waals surface area contributed by atoms with Crippen LogP contribution in [-0.2, 0) is 15.0 Å². The van der Waals surface area contributed by atoms with E-state index in [1.54, 1.807) is 6.92 Å². The van der Waals surface area contributed by atoms with Crippen LogP contribution in [0.25, 0.3) is 11.1 Å². The Hall–Kier alpha value is -2.75. The lowest BCUT2D eigenvalue weighted by atomic mass is 9.73. The third-order valence-electron chi connectivity index (χ3n) is 5.62. The average molecular weight is 363 g/mol. The van der Waals surface area contributed by atoms with Crippen molar-refractivity contribution in [3.63, 3.8) is 0 Å². The fourth-order valence-corrected chi connectivity index (χ4v) is 4.15. The van der Waals surface area contributed by atoms with Crippen LogP contribution in [0, 0.1) is 6.92 Å². The van der Waals surface area contributed by atoms with Crippen LogP contribution in [0.1, 0.15) is 67.6 Å². The molecule has 2 aromatic carbocycles. The monoisotopic (exact) mass is 363 g/mol. The summed E-state index contributed by atoms with van der Waals surface area (Å²) < 4.78 is 0. The van der Waals surface area contributed by atoms with Crippen molar-refractivity contribution < 1.29 is 14.4 Å². The van der Waals surface area contributed by atoms with Crippen LogP contribution in [0.5, 0.6) is 0 Å². The number of hydrogen-bond acceptors (Lipinski definition) is 4. The third-order valence-corrected chi connectivity index (χ3v) is 5.62. The van der Waals surface area contributed by atoms with E-state index in [4.69, 9.17) is 0 Å². The van der Waals surface area contributed by atoms with E-state index in [1.807, 2.05) is 18.2 Å². The zero-order valence-corrected chi connectivity index (χ0v) is 16.6. The van der Waals surface area contributed by atoms with E-state index in [-0.39, 0.29) is 16.9 Å². The number of Topliss-reactive ketones (excluding diaryl/α,β-unsaturated/α-hetero) is 1. The number of benzene rings is 2. The Kier molecular flexibility index (Phi) is 5.01. The Balaban J connectivity index is 2.11. The fraction of sp³-hybridized carbons (Fsp3) is 0.348. The summed E-state index contributed by atoms with van der Waals surface area (Å²) in [5, 5.41) is 3.64. The third kappa shape index (κ3) is 3.09. The lowest BCUT2D eigenvalue weighted by molar-refractivity contribution is -0.140. The SMILES string of the molecule is CCC1(CC)c2cc(C)ccc2-c2ccc(C(=O)/C(C)=N/OC(C)=O)cc21. The molecule has 0 radical (unpaired) electrons. The first-order chi connectivity index (χ1) is 12.8. The lowest BCUT2D eigenvalue weighted by Crippen LogP contribution is -2.24. The van der Waals surface area contributed by atoms with E-state index in [0.29, 0.717) is 5.56 Å². The topological polar surface area (TPSA) is 55.7 Å². The Bertz CT molecular complexity index is 952. The molecule has 140 valence electrons. The Morgan fingerprint density at radius 1 is 0.963 bits per heavy atom. The van der Waals surface area contributed by atoms with Gasteiger partial charge in [-0.1, -0.05) is 54.9 Å². The number of carbonyl (C=O) groups is 2. The minimum Gasteiger partial charge on any atom is -0.318 e. The summed E-state index contributed by atoms with van der Waals surface area (Å²) in [6, 6.07) is 12.5. The molecule has 4 heteroatoms. The van der Waals surface area contributed by atoms with Gasteiger partial charge in [0, 0.05) is 17.9 Å². The molecule has 0 unspecified atom stereocenters. The number of fused-ring (bicyclic) bond motifs is 3. The summed E-state index contributed by atoms with van der Waals surface area (Å²) in [5.74, 6) is -0.773. The Morgan fingerprint density at radius 3 is 2.15 bits per heavy atom. The Morgan fingerprint density at radius 2 is 1.56 bits per heavy atom. The van der Waals surface area contributed by atoms with Gasteiger partial charge in [0.25, 0.3) is 0 Å². The second-order valence-corrected chi connectivity index (χ2v) is 7.19. The number of hydrogen-bond donors (Lipinski definition) is 0. The number of oxime groups is 1. The maximum absolute atomic E-state index is 12.7. The van der Waals surface area contributed by atoms with Crippen LogP contribution in [0.2, 0.25) is 0 Å². The highest BCUT2D eigenvalue weighted by atomic mass is 16.7. The van der Waals surface area contributed by atoms with Gasteiger partial charge in [-0.25, -0.2) is 4.79 Å². The van der Waals surface area contributed by atoms with Crippen LogP contribution in [0.4, 0.5) is 0 Å². The van der Waals surface area contributed by atoms with E-state index in [2.05, 4.69) is 49.0 Å². The molecule has 0 spiro atoms. The van der Waals surface area contributed by atoms with Crippen LogP contribution in [0.3, 0.4) is 0 Å². The molecule has 0 atom stereocenters. The van der Waals surface area contributed by atoms with Crippen molar-refractivity contribution in [2.45, 2.75) is 52.9 Å². The first-order valence-corrected chi connectivity index (χ1v) is 9.37. The normalized spacial score (nSPS) is 14.5. The van der Waals surface area contributed by atoms with Gasteiger partial charge in [0.05, 0.1) is 0 Å². The standard InChI is InChI=1S/C23H25NO3/c1-6-23(7-2)20-12-14(3)8-10-18(20)19-11-9-17(13-21(19)23)22(26)15(4)24-27-16(5)25/h8-13H,6-7H2,1-5H3/b24-15+. The van der Waals surface area contributed by atoms with Crippen molar-refractivity contribution in [2.75, 3.05) is 0 Å². The zero-order valence-electron chi connectivity index (χ0n) is 16.6. The van der Waals surface area contributed by atoms with Gasteiger partial charge in [-0.3, -0.25) is 4.79 Å². The molecule has 0 aromatic heterocycles. The van der Waals surface area contributed by atoms with E-state index in [9.17, 15) is 9.59 Å². The lowest BCUT2D eigenvalue weighted by Gasteiger charge is -2.30. The molecule has 2 aromatic rings. The predicted molar refractivity (Wildman–Crippen MR) is 107 cm³/mol. The van der Waals surface area contributed by atoms with Crippen molar-refractivity contribution in [3.05, 3.63) is 58.7 Å². The van der Waals surface area contributed by atoms with Crippen molar-refractivity contribution in [2.24, 2.45) is 5.16 Å². The minimum absolute atomic E-state index is 0.0894.